The Morgan fingerprint density at radius 1 is 1.02 bits per heavy atom. The number of anilines is 2. The Hall–Kier alpha value is -5.30. The number of nitrogens with zero attached hydrogens (tertiary/aromatic N) is 4. The van der Waals surface area contributed by atoms with Gasteiger partial charge in [0.15, 0.2) is 11.6 Å². The molecule has 0 radical (unpaired) electrons. The molecule has 41 heavy (non-hydrogen) atoms. The van der Waals surface area contributed by atoms with Gasteiger partial charge in [-0.1, -0.05) is 36.1 Å². The van der Waals surface area contributed by atoms with Gasteiger partial charge < -0.3 is 10.6 Å². The van der Waals surface area contributed by atoms with Crippen LogP contribution in [0.5, 0.6) is 0 Å². The first-order valence-corrected chi connectivity index (χ1v) is 12.8. The van der Waals surface area contributed by atoms with Crippen LogP contribution in [0.25, 0.3) is 10.9 Å². The molecule has 0 aliphatic carbocycles. The Kier molecular flexibility index (Phi) is 7.61. The molecule has 0 aliphatic heterocycles. The second-order valence-electron chi connectivity index (χ2n) is 9.44. The number of halogens is 2. The van der Waals surface area contributed by atoms with Crippen molar-refractivity contribution >= 4 is 28.4 Å². The molecule has 10 heteroatoms. The zero-order valence-electron chi connectivity index (χ0n) is 22.6. The third kappa shape index (κ3) is 5.70. The maximum absolute atomic E-state index is 13.6. The van der Waals surface area contributed by atoms with Crippen LogP contribution >= 0.6 is 0 Å². The van der Waals surface area contributed by atoms with Gasteiger partial charge in [0.1, 0.15) is 5.56 Å². The molecular weight excluding hydrogens is 526 g/mol. The molecule has 0 bridgehead atoms. The highest BCUT2D eigenvalue weighted by molar-refractivity contribution is 5.95. The van der Waals surface area contributed by atoms with Crippen LogP contribution in [0.4, 0.5) is 20.4 Å². The van der Waals surface area contributed by atoms with Gasteiger partial charge in [0.05, 0.1) is 18.6 Å². The van der Waals surface area contributed by atoms with Gasteiger partial charge in [0.25, 0.3) is 11.5 Å². The fourth-order valence-electron chi connectivity index (χ4n) is 4.45. The van der Waals surface area contributed by atoms with E-state index in [2.05, 4.69) is 32.4 Å². The summed E-state index contributed by atoms with van der Waals surface area (Å²) in [6.45, 7) is 3.57. The van der Waals surface area contributed by atoms with Crippen molar-refractivity contribution in [3.63, 3.8) is 0 Å². The van der Waals surface area contributed by atoms with Crippen molar-refractivity contribution in [2.45, 2.75) is 20.4 Å². The van der Waals surface area contributed by atoms with Crippen LogP contribution in [0.15, 0.2) is 71.7 Å². The summed E-state index contributed by atoms with van der Waals surface area (Å²) in [6.07, 6.45) is 1.75. The largest absolute Gasteiger partial charge is 0.341 e. The number of carbonyl (C=O) groups excluding carboxylic acids is 1. The smallest absolute Gasteiger partial charge is 0.280 e. The predicted octanol–water partition coefficient (Wildman–Crippen LogP) is 4.60. The highest BCUT2D eigenvalue weighted by atomic mass is 19.2. The first-order chi connectivity index (χ1) is 19.7. The number of fused-ring (bicyclic) bond motifs is 1. The number of hydrogen-bond donors (Lipinski definition) is 2. The lowest BCUT2D eigenvalue weighted by Crippen LogP contribution is -2.31. The molecule has 5 rings (SSSR count). The van der Waals surface area contributed by atoms with Crippen molar-refractivity contribution in [2.24, 2.45) is 7.05 Å². The van der Waals surface area contributed by atoms with E-state index in [1.165, 1.54) is 15.4 Å². The maximum Gasteiger partial charge on any atom is 0.280 e. The van der Waals surface area contributed by atoms with E-state index in [0.717, 1.165) is 39.8 Å². The van der Waals surface area contributed by atoms with Crippen LogP contribution in [-0.2, 0) is 13.6 Å². The Morgan fingerprint density at radius 3 is 2.56 bits per heavy atom. The van der Waals surface area contributed by atoms with Gasteiger partial charge in [-0.25, -0.2) is 23.4 Å². The molecule has 206 valence electrons. The second-order valence-corrected chi connectivity index (χ2v) is 9.44. The maximum atomic E-state index is 13.6. The minimum Gasteiger partial charge on any atom is -0.341 e. The number of hydrogen-bond acceptors (Lipinski definition) is 5. The Morgan fingerprint density at radius 2 is 1.80 bits per heavy atom. The summed E-state index contributed by atoms with van der Waals surface area (Å²) in [6, 6.07) is 16.8. The van der Waals surface area contributed by atoms with E-state index >= 15 is 0 Å². The zero-order chi connectivity index (χ0) is 29.1. The van der Waals surface area contributed by atoms with Crippen molar-refractivity contribution < 1.29 is 13.6 Å². The highest BCUT2D eigenvalue weighted by Gasteiger charge is 2.21. The van der Waals surface area contributed by atoms with Gasteiger partial charge >= 0.3 is 0 Å². The standard InChI is InChI=1S/C31H26F2N6O2/c1-19-22(12-14-27-24(19)17-35-31(37-27)36-23-9-5-4-6-10-23)8-7-15-34-29(40)28-20(2)38(3)39(30(28)41)18-21-11-13-25(32)26(33)16-21/h4-6,9-14,16-17H,15,18H2,1-3H3,(H,34,40)(H,35,36,37). The van der Waals surface area contributed by atoms with Crippen molar-refractivity contribution in [1.29, 1.82) is 0 Å². The van der Waals surface area contributed by atoms with E-state index in [0.29, 0.717) is 17.2 Å². The molecular formula is C31H26F2N6O2. The van der Waals surface area contributed by atoms with Crippen LogP contribution in [-0.4, -0.2) is 31.8 Å². The van der Waals surface area contributed by atoms with Crippen LogP contribution < -0.4 is 16.2 Å². The quantitative estimate of drug-likeness (QED) is 0.301. The van der Waals surface area contributed by atoms with Gasteiger partial charge in [-0.3, -0.25) is 14.3 Å². The lowest BCUT2D eigenvalue weighted by molar-refractivity contribution is 0.0956. The van der Waals surface area contributed by atoms with Crippen LogP contribution in [0.3, 0.4) is 0 Å². The van der Waals surface area contributed by atoms with E-state index in [4.69, 9.17) is 0 Å². The molecule has 2 aromatic heterocycles. The van der Waals surface area contributed by atoms with Gasteiger partial charge in [-0.2, -0.15) is 0 Å². The molecule has 2 heterocycles. The molecule has 0 aliphatic rings. The van der Waals surface area contributed by atoms with E-state index < -0.39 is 23.1 Å². The Balaban J connectivity index is 1.28. The van der Waals surface area contributed by atoms with E-state index in [1.807, 2.05) is 49.4 Å². The lowest BCUT2D eigenvalue weighted by Gasteiger charge is -2.08. The van der Waals surface area contributed by atoms with Gasteiger partial charge in [-0.15, -0.1) is 0 Å². The van der Waals surface area contributed by atoms with Crippen molar-refractivity contribution in [3.05, 3.63) is 117 Å². The number of aryl methyl sites for hydroxylation is 1. The fourth-order valence-corrected chi connectivity index (χ4v) is 4.45. The molecule has 0 unspecified atom stereocenters. The molecule has 1 amide bonds. The molecule has 0 saturated heterocycles. The molecule has 8 nitrogen and oxygen atoms in total. The number of nitrogens with one attached hydrogen (secondary N) is 2. The SMILES string of the molecule is Cc1c(C#CCNC(=O)c2c(C)n(C)n(Cc3ccc(F)c(F)c3)c2=O)ccc2nc(Nc3ccccc3)ncc12. The molecule has 0 spiro atoms. The zero-order valence-corrected chi connectivity index (χ0v) is 22.6. The number of amides is 1. The summed E-state index contributed by atoms with van der Waals surface area (Å²) in [5, 5.41) is 6.72. The van der Waals surface area contributed by atoms with Crippen molar-refractivity contribution in [2.75, 3.05) is 11.9 Å². The number of rotatable bonds is 6. The van der Waals surface area contributed by atoms with Gasteiger partial charge in [0, 0.05) is 35.6 Å². The fraction of sp³-hybridized carbons (Fsp3) is 0.161. The van der Waals surface area contributed by atoms with Gasteiger partial charge in [0.2, 0.25) is 5.95 Å². The number of aromatic nitrogens is 4. The summed E-state index contributed by atoms with van der Waals surface area (Å²) in [4.78, 5) is 34.9. The molecule has 3 aromatic carbocycles. The van der Waals surface area contributed by atoms with E-state index in [1.54, 1.807) is 20.2 Å². The minimum atomic E-state index is -1.00. The first-order valence-electron chi connectivity index (χ1n) is 12.8. The second kappa shape index (κ2) is 11.4. The Labute approximate surface area is 234 Å². The highest BCUT2D eigenvalue weighted by Crippen LogP contribution is 2.21. The predicted molar refractivity (Wildman–Crippen MR) is 153 cm³/mol. The van der Waals surface area contributed by atoms with Crippen LogP contribution in [0.2, 0.25) is 0 Å². The van der Waals surface area contributed by atoms with E-state index in [-0.39, 0.29) is 18.7 Å². The van der Waals surface area contributed by atoms with E-state index in [9.17, 15) is 18.4 Å². The number of carbonyl (C=O) groups is 1. The Bertz CT molecular complexity index is 1900. The third-order valence-corrected chi connectivity index (χ3v) is 6.83. The molecule has 0 atom stereocenters. The number of benzene rings is 3. The van der Waals surface area contributed by atoms with Crippen molar-refractivity contribution in [3.8, 4) is 11.8 Å². The van der Waals surface area contributed by atoms with Gasteiger partial charge in [-0.05, 0) is 61.4 Å². The van der Waals surface area contributed by atoms with Crippen LogP contribution in [0, 0.1) is 37.3 Å². The molecule has 0 fully saturated rings. The van der Waals surface area contributed by atoms with Crippen LogP contribution in [0.1, 0.15) is 32.7 Å². The topological polar surface area (TPSA) is 93.8 Å². The average Bonchev–Trinajstić information content (AvgIpc) is 3.17. The first kappa shape index (κ1) is 27.3. The summed E-state index contributed by atoms with van der Waals surface area (Å²) >= 11 is 0. The summed E-state index contributed by atoms with van der Waals surface area (Å²) in [7, 11) is 1.63. The summed E-state index contributed by atoms with van der Waals surface area (Å²) in [5.74, 6) is 3.95. The minimum absolute atomic E-state index is 0.0176. The van der Waals surface area contributed by atoms with Crippen molar-refractivity contribution in [1.82, 2.24) is 24.6 Å². The summed E-state index contributed by atoms with van der Waals surface area (Å²) in [5.41, 5.74) is 3.60. The average molecular weight is 553 g/mol. The lowest BCUT2D eigenvalue weighted by atomic mass is 10.0. The molecule has 0 saturated carbocycles. The third-order valence-electron chi connectivity index (χ3n) is 6.83. The molecule has 5 aromatic rings. The number of para-hydroxylation sites is 1. The molecule has 2 N–H and O–H groups in total. The summed E-state index contributed by atoms with van der Waals surface area (Å²) < 4.78 is 29.7. The monoisotopic (exact) mass is 552 g/mol. The normalized spacial score (nSPS) is 10.8.